The Bertz CT molecular complexity index is 1090. The molecule has 0 aliphatic rings. The lowest BCUT2D eigenvalue weighted by atomic mass is 10.1. The molecular formula is C23H19BrN2O3. The Morgan fingerprint density at radius 1 is 1.21 bits per heavy atom. The number of anilines is 1. The predicted octanol–water partition coefficient (Wildman–Crippen LogP) is 5.96. The Labute approximate surface area is 177 Å². The van der Waals surface area contributed by atoms with Crippen LogP contribution in [0, 0.1) is 18.3 Å². The number of rotatable bonds is 6. The summed E-state index contributed by atoms with van der Waals surface area (Å²) in [6.45, 7) is 4.47. The van der Waals surface area contributed by atoms with E-state index >= 15 is 0 Å². The summed E-state index contributed by atoms with van der Waals surface area (Å²) < 4.78 is 12.1. The van der Waals surface area contributed by atoms with Crippen LogP contribution in [0.15, 0.2) is 69.1 Å². The molecule has 29 heavy (non-hydrogen) atoms. The Hall–Kier alpha value is -3.30. The van der Waals surface area contributed by atoms with Crippen molar-refractivity contribution in [3.8, 4) is 23.1 Å². The number of nitriles is 1. The lowest BCUT2D eigenvalue weighted by Crippen LogP contribution is -2.13. The molecule has 3 rings (SSSR count). The van der Waals surface area contributed by atoms with Gasteiger partial charge in [0.2, 0.25) is 0 Å². The molecule has 0 atom stereocenters. The fraction of sp³-hybridized carbons (Fsp3) is 0.130. The SMILES string of the molecule is CCOc1ccc(NC(=O)/C(C#N)=C\c2ccc(-c3ccc(C)cc3Br)o2)cc1. The number of nitrogens with zero attached hydrogens (tertiary/aromatic N) is 1. The smallest absolute Gasteiger partial charge is 0.266 e. The van der Waals surface area contributed by atoms with E-state index in [0.29, 0.717) is 29.6 Å². The van der Waals surface area contributed by atoms with Crippen LogP contribution >= 0.6 is 15.9 Å². The second-order valence-electron chi connectivity index (χ2n) is 6.27. The van der Waals surface area contributed by atoms with Crippen molar-refractivity contribution < 1.29 is 13.9 Å². The summed E-state index contributed by atoms with van der Waals surface area (Å²) in [5, 5.41) is 12.1. The van der Waals surface area contributed by atoms with E-state index in [0.717, 1.165) is 15.6 Å². The Kier molecular flexibility index (Phi) is 6.53. The first-order valence-corrected chi connectivity index (χ1v) is 9.82. The molecule has 6 heteroatoms. The van der Waals surface area contributed by atoms with Gasteiger partial charge in [0.25, 0.3) is 5.91 Å². The van der Waals surface area contributed by atoms with Gasteiger partial charge in [0, 0.05) is 21.8 Å². The molecule has 0 fully saturated rings. The van der Waals surface area contributed by atoms with Crippen LogP contribution in [0.5, 0.6) is 5.75 Å². The van der Waals surface area contributed by atoms with Gasteiger partial charge >= 0.3 is 0 Å². The van der Waals surface area contributed by atoms with Crippen LogP contribution in [0.2, 0.25) is 0 Å². The van der Waals surface area contributed by atoms with Gasteiger partial charge in [-0.05, 0) is 67.9 Å². The molecule has 0 saturated heterocycles. The normalized spacial score (nSPS) is 11.0. The molecule has 1 heterocycles. The summed E-state index contributed by atoms with van der Waals surface area (Å²) in [5.74, 6) is 1.27. The minimum absolute atomic E-state index is 0.0530. The number of benzene rings is 2. The van der Waals surface area contributed by atoms with E-state index in [1.54, 1.807) is 36.4 Å². The Balaban J connectivity index is 1.76. The summed E-state index contributed by atoms with van der Waals surface area (Å²) in [6, 6.07) is 18.4. The molecule has 0 saturated carbocycles. The van der Waals surface area contributed by atoms with E-state index in [2.05, 4.69) is 21.2 Å². The van der Waals surface area contributed by atoms with Crippen molar-refractivity contribution in [2.45, 2.75) is 13.8 Å². The van der Waals surface area contributed by atoms with Crippen molar-refractivity contribution in [3.05, 3.63) is 76.0 Å². The van der Waals surface area contributed by atoms with E-state index in [9.17, 15) is 10.1 Å². The number of hydrogen-bond donors (Lipinski definition) is 1. The van der Waals surface area contributed by atoms with E-state index in [-0.39, 0.29) is 5.57 Å². The average molecular weight is 451 g/mol. The van der Waals surface area contributed by atoms with E-state index in [4.69, 9.17) is 9.15 Å². The van der Waals surface area contributed by atoms with Crippen LogP contribution in [-0.4, -0.2) is 12.5 Å². The Morgan fingerprint density at radius 3 is 2.62 bits per heavy atom. The van der Waals surface area contributed by atoms with Crippen molar-refractivity contribution >= 4 is 33.6 Å². The summed E-state index contributed by atoms with van der Waals surface area (Å²) >= 11 is 3.53. The van der Waals surface area contributed by atoms with Crippen molar-refractivity contribution in [1.82, 2.24) is 0 Å². The number of furan rings is 1. The van der Waals surface area contributed by atoms with Crippen LogP contribution in [0.3, 0.4) is 0 Å². The van der Waals surface area contributed by atoms with E-state index in [1.165, 1.54) is 6.08 Å². The predicted molar refractivity (Wildman–Crippen MR) is 116 cm³/mol. The van der Waals surface area contributed by atoms with Crippen LogP contribution < -0.4 is 10.1 Å². The van der Waals surface area contributed by atoms with Crippen molar-refractivity contribution in [2.24, 2.45) is 0 Å². The molecule has 0 bridgehead atoms. The van der Waals surface area contributed by atoms with Gasteiger partial charge in [-0.2, -0.15) is 5.26 Å². The number of carbonyl (C=O) groups excluding carboxylic acids is 1. The minimum Gasteiger partial charge on any atom is -0.494 e. The van der Waals surface area contributed by atoms with Gasteiger partial charge < -0.3 is 14.5 Å². The van der Waals surface area contributed by atoms with Gasteiger partial charge in [-0.25, -0.2) is 0 Å². The fourth-order valence-electron chi connectivity index (χ4n) is 2.69. The maximum absolute atomic E-state index is 12.4. The number of amides is 1. The quantitative estimate of drug-likeness (QED) is 0.371. The first kappa shape index (κ1) is 20.4. The van der Waals surface area contributed by atoms with Crippen LogP contribution in [0.1, 0.15) is 18.2 Å². The van der Waals surface area contributed by atoms with Crippen molar-refractivity contribution in [3.63, 3.8) is 0 Å². The molecule has 5 nitrogen and oxygen atoms in total. The molecule has 0 radical (unpaired) electrons. The van der Waals surface area contributed by atoms with E-state index < -0.39 is 5.91 Å². The number of halogens is 1. The van der Waals surface area contributed by atoms with Gasteiger partial charge in [0.15, 0.2) is 0 Å². The first-order chi connectivity index (χ1) is 14.0. The van der Waals surface area contributed by atoms with Crippen molar-refractivity contribution in [1.29, 1.82) is 5.26 Å². The molecule has 1 amide bonds. The summed E-state index contributed by atoms with van der Waals surface area (Å²) in [6.07, 6.45) is 1.43. The zero-order valence-corrected chi connectivity index (χ0v) is 17.6. The number of nitrogens with one attached hydrogen (secondary N) is 1. The molecule has 146 valence electrons. The summed E-state index contributed by atoms with van der Waals surface area (Å²) in [7, 11) is 0. The molecule has 0 spiro atoms. The molecule has 1 N–H and O–H groups in total. The van der Waals surface area contributed by atoms with Crippen molar-refractivity contribution in [2.75, 3.05) is 11.9 Å². The lowest BCUT2D eigenvalue weighted by Gasteiger charge is -2.06. The maximum Gasteiger partial charge on any atom is 0.266 e. The topological polar surface area (TPSA) is 75.3 Å². The average Bonchev–Trinajstić information content (AvgIpc) is 3.16. The van der Waals surface area contributed by atoms with Gasteiger partial charge in [-0.15, -0.1) is 0 Å². The zero-order chi connectivity index (χ0) is 20.8. The number of aryl methyl sites for hydroxylation is 1. The fourth-order valence-corrected chi connectivity index (χ4v) is 3.37. The standard InChI is InChI=1S/C23H19BrN2O3/c1-3-28-18-7-5-17(6-8-18)26-23(27)16(14-25)13-19-9-11-22(29-19)20-10-4-15(2)12-21(20)24/h4-13H,3H2,1-2H3,(H,26,27)/b16-13-. The molecule has 0 unspecified atom stereocenters. The zero-order valence-electron chi connectivity index (χ0n) is 16.0. The van der Waals surface area contributed by atoms with Crippen LogP contribution in [0.4, 0.5) is 5.69 Å². The largest absolute Gasteiger partial charge is 0.494 e. The number of ether oxygens (including phenoxy) is 1. The highest BCUT2D eigenvalue weighted by atomic mass is 79.9. The van der Waals surface area contributed by atoms with Crippen LogP contribution in [0.25, 0.3) is 17.4 Å². The first-order valence-electron chi connectivity index (χ1n) is 9.02. The second kappa shape index (κ2) is 9.26. The number of hydrogen-bond acceptors (Lipinski definition) is 4. The highest BCUT2D eigenvalue weighted by Crippen LogP contribution is 2.31. The van der Waals surface area contributed by atoms with Gasteiger partial charge in [-0.1, -0.05) is 22.0 Å². The molecule has 0 aliphatic heterocycles. The lowest BCUT2D eigenvalue weighted by molar-refractivity contribution is -0.112. The van der Waals surface area contributed by atoms with Gasteiger partial charge in [-0.3, -0.25) is 4.79 Å². The van der Waals surface area contributed by atoms with Gasteiger partial charge in [0.05, 0.1) is 6.61 Å². The summed E-state index contributed by atoms with van der Waals surface area (Å²) in [5.41, 5.74) is 2.55. The van der Waals surface area contributed by atoms with E-state index in [1.807, 2.05) is 38.1 Å². The second-order valence-corrected chi connectivity index (χ2v) is 7.12. The molecule has 1 aromatic heterocycles. The van der Waals surface area contributed by atoms with Crippen LogP contribution in [-0.2, 0) is 4.79 Å². The minimum atomic E-state index is -0.508. The molecular weight excluding hydrogens is 432 g/mol. The molecule has 2 aromatic carbocycles. The Morgan fingerprint density at radius 2 is 1.97 bits per heavy atom. The highest BCUT2D eigenvalue weighted by molar-refractivity contribution is 9.10. The monoisotopic (exact) mass is 450 g/mol. The molecule has 3 aromatic rings. The summed E-state index contributed by atoms with van der Waals surface area (Å²) in [4.78, 5) is 12.4. The third kappa shape index (κ3) is 5.15. The molecule has 0 aliphatic carbocycles. The maximum atomic E-state index is 12.4. The van der Waals surface area contributed by atoms with Gasteiger partial charge in [0.1, 0.15) is 28.9 Å². The third-order valence-corrected chi connectivity index (χ3v) is 4.75. The highest BCUT2D eigenvalue weighted by Gasteiger charge is 2.13. The number of carbonyl (C=O) groups is 1. The third-order valence-electron chi connectivity index (χ3n) is 4.09.